The van der Waals surface area contributed by atoms with Crippen LogP contribution in [0.15, 0.2) is 41.4 Å². The Kier molecular flexibility index (Phi) is 8.15. The average molecular weight is 551 g/mol. The van der Waals surface area contributed by atoms with Crippen LogP contribution in [0.5, 0.6) is 0 Å². The quantitative estimate of drug-likeness (QED) is 0.391. The predicted octanol–water partition coefficient (Wildman–Crippen LogP) is 5.65. The predicted molar refractivity (Wildman–Crippen MR) is 138 cm³/mol. The van der Waals surface area contributed by atoms with Crippen molar-refractivity contribution in [3.8, 4) is 0 Å². The molecular weight excluding hydrogens is 517 g/mol. The first-order chi connectivity index (χ1) is 17.9. The van der Waals surface area contributed by atoms with Crippen LogP contribution in [-0.2, 0) is 22.8 Å². The Bertz CT molecular complexity index is 1390. The zero-order chi connectivity index (χ0) is 27.7. The third-order valence-corrected chi connectivity index (χ3v) is 9.03. The number of alkyl halides is 3. The smallest absolute Gasteiger partial charge is 0.348 e. The van der Waals surface area contributed by atoms with Crippen LogP contribution < -0.4 is 5.32 Å². The van der Waals surface area contributed by atoms with Gasteiger partial charge in [-0.1, -0.05) is 19.1 Å². The number of carbonyl (C=O) groups excluding carboxylic acids is 1. The van der Waals surface area contributed by atoms with Gasteiger partial charge in [-0.3, -0.25) is 4.79 Å². The molecule has 38 heavy (non-hydrogen) atoms. The number of halogens is 3. The molecule has 1 N–H and O–H groups in total. The van der Waals surface area contributed by atoms with Gasteiger partial charge in [-0.2, -0.15) is 13.2 Å². The molecule has 11 heteroatoms. The van der Waals surface area contributed by atoms with E-state index >= 15 is 0 Å². The fraction of sp³-hybridized carbons (Fsp3) is 0.519. The van der Waals surface area contributed by atoms with Crippen LogP contribution in [0.4, 0.5) is 13.2 Å². The van der Waals surface area contributed by atoms with Gasteiger partial charge in [0.2, 0.25) is 0 Å². The largest absolute Gasteiger partial charge is 0.391 e. The van der Waals surface area contributed by atoms with E-state index in [1.54, 1.807) is 25.1 Å². The van der Waals surface area contributed by atoms with E-state index < -0.39 is 21.9 Å². The second-order valence-corrected chi connectivity index (χ2v) is 12.5. The van der Waals surface area contributed by atoms with Gasteiger partial charge in [0.1, 0.15) is 11.3 Å². The number of nitrogens with one attached hydrogen (secondary N) is 1. The number of sulfone groups is 1. The number of aromatic nitrogens is 3. The van der Waals surface area contributed by atoms with Gasteiger partial charge in [-0.25, -0.2) is 18.4 Å². The van der Waals surface area contributed by atoms with Crippen molar-refractivity contribution < 1.29 is 26.4 Å². The van der Waals surface area contributed by atoms with Gasteiger partial charge in [0.05, 0.1) is 22.1 Å². The zero-order valence-electron chi connectivity index (χ0n) is 21.8. The molecule has 1 aliphatic carbocycles. The maximum Gasteiger partial charge on any atom is 0.391 e. The number of nitrogens with zero attached hydrogens (tertiary/aromatic N) is 3. The maximum absolute atomic E-state index is 13.1. The molecule has 2 heterocycles. The van der Waals surface area contributed by atoms with Gasteiger partial charge >= 0.3 is 6.18 Å². The van der Waals surface area contributed by atoms with Crippen molar-refractivity contribution in [3.63, 3.8) is 0 Å². The van der Waals surface area contributed by atoms with Crippen LogP contribution in [0.25, 0.3) is 11.2 Å². The lowest BCUT2D eigenvalue weighted by Gasteiger charge is -2.29. The molecule has 0 aliphatic heterocycles. The summed E-state index contributed by atoms with van der Waals surface area (Å²) < 4.78 is 65.1. The Morgan fingerprint density at radius 3 is 2.37 bits per heavy atom. The fourth-order valence-electron chi connectivity index (χ4n) is 5.06. The summed E-state index contributed by atoms with van der Waals surface area (Å²) in [5.74, 6) is -0.628. The molecule has 0 spiro atoms. The van der Waals surface area contributed by atoms with Crippen LogP contribution in [0.2, 0.25) is 0 Å². The van der Waals surface area contributed by atoms with Gasteiger partial charge < -0.3 is 9.88 Å². The van der Waals surface area contributed by atoms with Crippen molar-refractivity contribution in [2.24, 2.45) is 11.8 Å². The van der Waals surface area contributed by atoms with Gasteiger partial charge in [0.15, 0.2) is 15.5 Å². The van der Waals surface area contributed by atoms with Crippen molar-refractivity contribution in [2.45, 2.75) is 76.5 Å². The van der Waals surface area contributed by atoms with E-state index in [4.69, 9.17) is 4.98 Å². The first-order valence-electron chi connectivity index (χ1n) is 12.9. The molecule has 1 fully saturated rings. The summed E-state index contributed by atoms with van der Waals surface area (Å²) >= 11 is 0. The van der Waals surface area contributed by atoms with Crippen molar-refractivity contribution >= 4 is 26.9 Å². The minimum Gasteiger partial charge on any atom is -0.348 e. The number of carbonyl (C=O) groups is 1. The Hall–Kier alpha value is -2.95. The highest BCUT2D eigenvalue weighted by molar-refractivity contribution is 7.91. The van der Waals surface area contributed by atoms with E-state index in [1.807, 2.05) is 18.4 Å². The van der Waals surface area contributed by atoms with E-state index in [2.05, 4.69) is 10.3 Å². The lowest BCUT2D eigenvalue weighted by molar-refractivity contribution is -0.183. The first-order valence-corrected chi connectivity index (χ1v) is 14.6. The van der Waals surface area contributed by atoms with E-state index in [-0.39, 0.29) is 47.9 Å². The van der Waals surface area contributed by atoms with Crippen LogP contribution in [-0.4, -0.2) is 40.8 Å². The molecular formula is C27H33F3N4O3S. The average Bonchev–Trinajstić information content (AvgIpc) is 3.24. The molecule has 206 valence electrons. The number of benzene rings is 1. The fourth-order valence-corrected chi connectivity index (χ4v) is 5.94. The zero-order valence-corrected chi connectivity index (χ0v) is 22.6. The minimum atomic E-state index is -4.13. The minimum absolute atomic E-state index is 0.0199. The van der Waals surface area contributed by atoms with Crippen LogP contribution >= 0.6 is 0 Å². The highest BCUT2D eigenvalue weighted by Gasteiger charge is 2.41. The highest BCUT2D eigenvalue weighted by atomic mass is 32.2. The molecule has 3 aromatic rings. The van der Waals surface area contributed by atoms with Crippen LogP contribution in [0.1, 0.15) is 74.2 Å². The molecule has 0 bridgehead atoms. The summed E-state index contributed by atoms with van der Waals surface area (Å²) in [6, 6.07) is 8.13. The third kappa shape index (κ3) is 6.19. The van der Waals surface area contributed by atoms with Crippen molar-refractivity contribution in [2.75, 3.05) is 5.75 Å². The summed E-state index contributed by atoms with van der Waals surface area (Å²) in [4.78, 5) is 22.3. The van der Waals surface area contributed by atoms with Crippen LogP contribution in [0.3, 0.4) is 0 Å². The number of hydrogen-bond donors (Lipinski definition) is 1. The van der Waals surface area contributed by atoms with Gasteiger partial charge in [0.25, 0.3) is 5.91 Å². The molecule has 0 unspecified atom stereocenters. The standard InChI is InChI=1S/C27H33F3N4O3S/c1-4-38(36,37)22-11-7-19(8-12-22)15-32-26(35)20-14-23-25(31-16-20)34(17(2)3)24(33-23)13-18-5-9-21(10-6-18)27(28,29)30/h7-8,11-12,14,16-18,21H,4-6,9-10,13,15H2,1-3H3,(H,32,35). The molecule has 0 radical (unpaired) electrons. The van der Waals surface area contributed by atoms with E-state index in [0.29, 0.717) is 36.0 Å². The Morgan fingerprint density at radius 1 is 1.13 bits per heavy atom. The number of imidazole rings is 1. The first kappa shape index (κ1) is 28.1. The number of amides is 1. The van der Waals surface area contributed by atoms with Crippen LogP contribution in [0, 0.1) is 11.8 Å². The van der Waals surface area contributed by atoms with Gasteiger partial charge in [0, 0.05) is 25.2 Å². The van der Waals surface area contributed by atoms with E-state index in [0.717, 1.165) is 11.4 Å². The molecule has 1 aromatic carbocycles. The Morgan fingerprint density at radius 2 is 1.79 bits per heavy atom. The number of fused-ring (bicyclic) bond motifs is 1. The molecule has 1 saturated carbocycles. The van der Waals surface area contributed by atoms with E-state index in [1.165, 1.54) is 18.3 Å². The molecule has 4 rings (SSSR count). The summed E-state index contributed by atoms with van der Waals surface area (Å²) in [7, 11) is -3.29. The lowest BCUT2D eigenvalue weighted by Crippen LogP contribution is -2.28. The van der Waals surface area contributed by atoms with Crippen molar-refractivity contribution in [3.05, 3.63) is 53.5 Å². The monoisotopic (exact) mass is 550 g/mol. The summed E-state index contributed by atoms with van der Waals surface area (Å²) in [5, 5.41) is 2.82. The SMILES string of the molecule is CCS(=O)(=O)c1ccc(CNC(=O)c2cnc3c(c2)nc(CC2CCC(C(F)(F)F)CC2)n3C(C)C)cc1. The summed E-state index contributed by atoms with van der Waals surface area (Å²) in [5.41, 5.74) is 2.31. The second-order valence-electron chi connectivity index (χ2n) is 10.3. The highest BCUT2D eigenvalue weighted by Crippen LogP contribution is 2.40. The molecule has 7 nitrogen and oxygen atoms in total. The Balaban J connectivity index is 1.46. The number of hydrogen-bond acceptors (Lipinski definition) is 5. The maximum atomic E-state index is 13.1. The topological polar surface area (TPSA) is 93.9 Å². The van der Waals surface area contributed by atoms with Gasteiger partial charge in [-0.15, -0.1) is 0 Å². The molecule has 1 amide bonds. The van der Waals surface area contributed by atoms with Crippen molar-refractivity contribution in [1.29, 1.82) is 0 Å². The molecule has 0 saturated heterocycles. The second kappa shape index (κ2) is 11.0. The summed E-state index contributed by atoms with van der Waals surface area (Å²) in [6.07, 6.45) is -0.741. The normalized spacial score (nSPS) is 18.7. The van der Waals surface area contributed by atoms with E-state index in [9.17, 15) is 26.4 Å². The molecule has 2 aromatic heterocycles. The number of rotatable bonds is 8. The Labute approximate surface area is 220 Å². The molecule has 0 atom stereocenters. The van der Waals surface area contributed by atoms with Crippen molar-refractivity contribution in [1.82, 2.24) is 19.9 Å². The third-order valence-electron chi connectivity index (χ3n) is 7.28. The summed E-state index contributed by atoms with van der Waals surface area (Å²) in [6.45, 7) is 5.81. The van der Waals surface area contributed by atoms with Gasteiger partial charge in [-0.05, 0) is 69.2 Å². The lowest BCUT2D eigenvalue weighted by atomic mass is 9.80. The molecule has 1 aliphatic rings. The number of pyridine rings is 1.